The Labute approximate surface area is 222 Å². The Morgan fingerprint density at radius 3 is 2.72 bits per heavy atom. The zero-order chi connectivity index (χ0) is 28.4. The molecule has 0 amide bonds. The Bertz CT molecular complexity index is 1520. The molecule has 0 spiro atoms. The number of nitrogens with one attached hydrogen (secondary N) is 2. The summed E-state index contributed by atoms with van der Waals surface area (Å²) in [6.07, 6.45) is -2.92. The highest BCUT2D eigenvalue weighted by molar-refractivity contribution is 7.52. The van der Waals surface area contributed by atoms with E-state index in [9.17, 15) is 28.4 Å². The number of ether oxygens (including phenoxy) is 2. The van der Waals surface area contributed by atoms with Gasteiger partial charge in [-0.05, 0) is 32.2 Å². The summed E-state index contributed by atoms with van der Waals surface area (Å²) >= 11 is 0. The van der Waals surface area contributed by atoms with E-state index in [0.29, 0.717) is 11.6 Å². The summed E-state index contributed by atoms with van der Waals surface area (Å²) in [6.45, 7) is 4.12. The monoisotopic (exact) mass is 565 g/mol. The quantitative estimate of drug-likeness (QED) is 0.246. The van der Waals surface area contributed by atoms with Crippen LogP contribution in [0.3, 0.4) is 0 Å². The van der Waals surface area contributed by atoms with Gasteiger partial charge >= 0.3 is 19.4 Å². The van der Waals surface area contributed by atoms with E-state index in [1.165, 1.54) is 13.8 Å². The molecule has 0 aliphatic carbocycles. The lowest BCUT2D eigenvalue weighted by atomic mass is 10.1. The number of aliphatic hydroxyl groups excluding tert-OH is 1. The minimum absolute atomic E-state index is 0.0908. The van der Waals surface area contributed by atoms with Crippen LogP contribution >= 0.6 is 7.75 Å². The third-order valence-corrected chi connectivity index (χ3v) is 7.78. The second-order valence-corrected chi connectivity index (χ2v) is 11.1. The lowest BCUT2D eigenvalue weighted by molar-refractivity contribution is -0.149. The van der Waals surface area contributed by atoms with E-state index in [1.807, 2.05) is 23.2 Å². The van der Waals surface area contributed by atoms with Crippen LogP contribution < -0.4 is 20.9 Å². The molecule has 2 aromatic carbocycles. The first-order valence-corrected chi connectivity index (χ1v) is 13.7. The molecule has 0 radical (unpaired) electrons. The number of H-pyrrole nitrogens is 1. The zero-order valence-electron chi connectivity index (χ0n) is 21.5. The average Bonchev–Trinajstić information content (AvgIpc) is 3.25. The van der Waals surface area contributed by atoms with Crippen LogP contribution in [-0.4, -0.2) is 51.6 Å². The van der Waals surface area contributed by atoms with Gasteiger partial charge in [-0.2, -0.15) is 9.48 Å². The fourth-order valence-corrected chi connectivity index (χ4v) is 5.77. The van der Waals surface area contributed by atoms with Gasteiger partial charge in [0.05, 0.1) is 25.5 Å². The van der Waals surface area contributed by atoms with Crippen molar-refractivity contribution in [2.45, 2.75) is 51.2 Å². The van der Waals surface area contributed by atoms with Crippen LogP contribution in [-0.2, 0) is 23.4 Å². The van der Waals surface area contributed by atoms with Crippen molar-refractivity contribution in [3.8, 4) is 5.75 Å². The minimum atomic E-state index is -4.36. The molecule has 14 heteroatoms. The van der Waals surface area contributed by atoms with E-state index in [-0.39, 0.29) is 18.8 Å². The van der Waals surface area contributed by atoms with Crippen molar-refractivity contribution in [3.05, 3.63) is 75.3 Å². The number of carbonyl (C=O) groups is 1. The lowest BCUT2D eigenvalue weighted by Gasteiger charge is -2.30. The number of fused-ring (bicyclic) bond motifs is 1. The first kappa shape index (κ1) is 28.7. The van der Waals surface area contributed by atoms with Crippen LogP contribution in [0.15, 0.2) is 58.3 Å². The van der Waals surface area contributed by atoms with Crippen molar-refractivity contribution in [3.63, 3.8) is 0 Å². The van der Waals surface area contributed by atoms with Gasteiger partial charge in [0, 0.05) is 11.8 Å². The number of aromatic nitrogens is 2. The molecular formula is C25H29FN3O9P. The van der Waals surface area contributed by atoms with E-state index >= 15 is 0 Å². The molecule has 1 aliphatic rings. The van der Waals surface area contributed by atoms with Gasteiger partial charge in [-0.25, -0.2) is 9.36 Å². The van der Waals surface area contributed by atoms with E-state index in [1.54, 1.807) is 31.2 Å². The van der Waals surface area contributed by atoms with Gasteiger partial charge in [0.2, 0.25) is 5.82 Å². The summed E-state index contributed by atoms with van der Waals surface area (Å²) in [5.41, 5.74) is -3.62. The number of hydrogen-bond acceptors (Lipinski definition) is 9. The van der Waals surface area contributed by atoms with Crippen LogP contribution in [0, 0.1) is 5.82 Å². The Morgan fingerprint density at radius 1 is 1.26 bits per heavy atom. The third kappa shape index (κ3) is 6.45. The van der Waals surface area contributed by atoms with E-state index < -0.39 is 61.4 Å². The molecule has 3 aromatic rings. The van der Waals surface area contributed by atoms with Gasteiger partial charge in [-0.1, -0.05) is 36.4 Å². The first-order valence-electron chi connectivity index (χ1n) is 12.2. The Hall–Kier alpha value is -3.35. The molecule has 210 valence electrons. The molecule has 0 bridgehead atoms. The molecule has 4 rings (SSSR count). The Kier molecular flexibility index (Phi) is 8.38. The number of carbonyl (C=O) groups excluding carboxylic acids is 1. The Balaban J connectivity index is 1.58. The molecule has 2 heterocycles. The molecule has 3 N–H and O–H groups in total. The molecular weight excluding hydrogens is 536 g/mol. The van der Waals surface area contributed by atoms with Gasteiger partial charge in [0.15, 0.2) is 0 Å². The fraction of sp³-hybridized carbons (Fsp3) is 0.400. The van der Waals surface area contributed by atoms with Crippen molar-refractivity contribution in [1.29, 1.82) is 0 Å². The molecule has 4 atom stereocenters. The highest BCUT2D eigenvalue weighted by atomic mass is 31.2. The minimum Gasteiger partial charge on any atom is -0.465 e. The van der Waals surface area contributed by atoms with E-state index in [4.69, 9.17) is 18.5 Å². The summed E-state index contributed by atoms with van der Waals surface area (Å²) in [5.74, 6) is -1.69. The van der Waals surface area contributed by atoms with Crippen LogP contribution in [0.1, 0.15) is 33.4 Å². The van der Waals surface area contributed by atoms with Gasteiger partial charge < -0.3 is 19.1 Å². The van der Waals surface area contributed by atoms with Gasteiger partial charge in [0.25, 0.3) is 5.56 Å². The smallest absolute Gasteiger partial charge is 0.459 e. The second-order valence-electron chi connectivity index (χ2n) is 9.39. The summed E-state index contributed by atoms with van der Waals surface area (Å²) in [4.78, 5) is 37.8. The van der Waals surface area contributed by atoms with Crippen molar-refractivity contribution < 1.29 is 37.4 Å². The van der Waals surface area contributed by atoms with Gasteiger partial charge in [-0.3, -0.25) is 23.7 Å². The van der Waals surface area contributed by atoms with Crippen molar-refractivity contribution in [2.24, 2.45) is 0 Å². The standard InChI is InChI=1S/C25H29FN3O9P/c1-4-35-23(32)25(2,3)28-39(34,38-19-11-7-9-15-8-5-6-10-16(15)19)36-14-20-18(30)12-21(37-20)29-13-17(26)22(31)27-24(29)33/h5-11,13,18,20-21,30H,4,12,14H2,1-3H3,(H,28,34)(H,27,31,33)/t18-,20?,21-,39?/m1/s1. The molecule has 2 unspecified atom stereocenters. The predicted molar refractivity (Wildman–Crippen MR) is 138 cm³/mol. The van der Waals surface area contributed by atoms with Gasteiger partial charge in [0.1, 0.15) is 23.6 Å². The molecule has 12 nitrogen and oxygen atoms in total. The Morgan fingerprint density at radius 2 is 1.97 bits per heavy atom. The van der Waals surface area contributed by atoms with Crippen molar-refractivity contribution in [1.82, 2.24) is 14.6 Å². The van der Waals surface area contributed by atoms with E-state index in [0.717, 1.165) is 9.95 Å². The average molecular weight is 565 g/mol. The molecule has 1 aromatic heterocycles. The molecule has 1 saturated heterocycles. The number of halogens is 1. The topological polar surface area (TPSA) is 158 Å². The molecule has 1 fully saturated rings. The maximum absolute atomic E-state index is 14.1. The molecule has 0 saturated carbocycles. The van der Waals surface area contributed by atoms with Crippen LogP contribution in [0.25, 0.3) is 10.8 Å². The summed E-state index contributed by atoms with van der Waals surface area (Å²) in [5, 5.41) is 14.6. The first-order chi connectivity index (χ1) is 18.4. The van der Waals surface area contributed by atoms with Crippen molar-refractivity contribution >= 4 is 24.5 Å². The number of benzene rings is 2. The lowest BCUT2D eigenvalue weighted by Crippen LogP contribution is -2.47. The van der Waals surface area contributed by atoms with Crippen LogP contribution in [0.5, 0.6) is 5.75 Å². The third-order valence-electron chi connectivity index (χ3n) is 6.02. The maximum atomic E-state index is 14.1. The maximum Gasteiger partial charge on any atom is 0.459 e. The van der Waals surface area contributed by atoms with Crippen LogP contribution in [0.2, 0.25) is 0 Å². The summed E-state index contributed by atoms with van der Waals surface area (Å²) in [6, 6.07) is 12.4. The SMILES string of the molecule is CCOC(=O)C(C)(C)NP(=O)(OCC1O[C@@H](n2cc(F)c(=O)[nH]c2=O)C[C@H]1O)Oc1cccc2ccccc12. The van der Waals surface area contributed by atoms with E-state index in [2.05, 4.69) is 5.09 Å². The largest absolute Gasteiger partial charge is 0.465 e. The number of nitrogens with zero attached hydrogens (tertiary/aromatic N) is 1. The number of rotatable bonds is 10. The number of aliphatic hydroxyl groups is 1. The highest BCUT2D eigenvalue weighted by Gasteiger charge is 2.43. The molecule has 39 heavy (non-hydrogen) atoms. The normalized spacial score (nSPS) is 21.0. The summed E-state index contributed by atoms with van der Waals surface area (Å²) in [7, 11) is -4.36. The second kappa shape index (κ2) is 11.4. The molecule has 1 aliphatic heterocycles. The number of hydrogen-bond donors (Lipinski definition) is 3. The zero-order valence-corrected chi connectivity index (χ0v) is 22.4. The predicted octanol–water partition coefficient (Wildman–Crippen LogP) is 2.61. The number of aromatic amines is 1. The number of esters is 1. The fourth-order valence-electron chi connectivity index (χ4n) is 4.07. The summed E-state index contributed by atoms with van der Waals surface area (Å²) < 4.78 is 50.9. The van der Waals surface area contributed by atoms with Crippen LogP contribution in [0.4, 0.5) is 4.39 Å². The van der Waals surface area contributed by atoms with Gasteiger partial charge in [-0.15, -0.1) is 0 Å². The highest BCUT2D eigenvalue weighted by Crippen LogP contribution is 2.48. The van der Waals surface area contributed by atoms with Crippen molar-refractivity contribution in [2.75, 3.05) is 13.2 Å².